The average Bonchev–Trinajstić information content (AvgIpc) is 3.20. The molecule has 0 aromatic carbocycles. The van der Waals surface area contributed by atoms with E-state index in [1.165, 1.54) is 0 Å². The fourth-order valence-electron chi connectivity index (χ4n) is 4.62. The summed E-state index contributed by atoms with van der Waals surface area (Å²) in [7, 11) is 0. The molecular weight excluding hydrogens is 394 g/mol. The van der Waals surface area contributed by atoms with E-state index in [1.807, 2.05) is 18.3 Å². The molecule has 2 aromatic rings. The molecule has 10 nitrogen and oxygen atoms in total. The van der Waals surface area contributed by atoms with Gasteiger partial charge in [-0.25, -0.2) is 4.98 Å². The van der Waals surface area contributed by atoms with Crippen LogP contribution in [0.2, 0.25) is 0 Å². The van der Waals surface area contributed by atoms with Crippen molar-refractivity contribution in [2.75, 3.05) is 47.8 Å². The normalized spacial score (nSPS) is 23.7. The Morgan fingerprint density at radius 1 is 1.26 bits per heavy atom. The third kappa shape index (κ3) is 3.76. The highest BCUT2D eigenvalue weighted by Crippen LogP contribution is 2.36. The maximum atomic E-state index is 12.5. The lowest BCUT2D eigenvalue weighted by atomic mass is 9.94. The lowest BCUT2D eigenvalue weighted by Crippen LogP contribution is -2.61. The first-order valence-electron chi connectivity index (χ1n) is 11.1. The van der Waals surface area contributed by atoms with E-state index >= 15 is 0 Å². The van der Waals surface area contributed by atoms with Gasteiger partial charge in [-0.15, -0.1) is 10.2 Å². The van der Waals surface area contributed by atoms with Crippen molar-refractivity contribution in [3.05, 3.63) is 23.9 Å². The van der Waals surface area contributed by atoms with Crippen LogP contribution in [-0.4, -0.2) is 70.9 Å². The number of aromatic nitrogens is 4. The zero-order chi connectivity index (χ0) is 21.4. The van der Waals surface area contributed by atoms with Crippen LogP contribution in [0.15, 0.2) is 18.3 Å². The first-order valence-corrected chi connectivity index (χ1v) is 11.1. The number of rotatable bonds is 5. The van der Waals surface area contributed by atoms with E-state index in [2.05, 4.69) is 54.8 Å². The van der Waals surface area contributed by atoms with Crippen LogP contribution >= 0.6 is 0 Å². The van der Waals surface area contributed by atoms with Crippen molar-refractivity contribution in [2.24, 2.45) is 5.92 Å². The molecule has 0 spiro atoms. The second-order valence-electron chi connectivity index (χ2n) is 8.51. The van der Waals surface area contributed by atoms with Crippen LogP contribution in [-0.2, 0) is 11.2 Å². The maximum Gasteiger partial charge on any atom is 0.243 e. The van der Waals surface area contributed by atoms with E-state index in [0.717, 1.165) is 49.8 Å². The summed E-state index contributed by atoms with van der Waals surface area (Å²) >= 11 is 0. The molecule has 164 valence electrons. The Hall–Kier alpha value is -3.01. The number of anilines is 4. The minimum Gasteiger partial charge on any atom is -0.353 e. The highest BCUT2D eigenvalue weighted by atomic mass is 16.2. The van der Waals surface area contributed by atoms with E-state index in [-0.39, 0.29) is 18.0 Å². The summed E-state index contributed by atoms with van der Waals surface area (Å²) in [6.07, 6.45) is 3.52. The van der Waals surface area contributed by atoms with Gasteiger partial charge in [-0.3, -0.25) is 4.79 Å². The summed E-state index contributed by atoms with van der Waals surface area (Å²) in [5, 5.41) is 18.3. The molecule has 0 aliphatic carbocycles. The Morgan fingerprint density at radius 2 is 2.10 bits per heavy atom. The van der Waals surface area contributed by atoms with Crippen LogP contribution in [0.4, 0.5) is 23.4 Å². The second-order valence-corrected chi connectivity index (χ2v) is 8.51. The van der Waals surface area contributed by atoms with Gasteiger partial charge >= 0.3 is 0 Å². The predicted molar refractivity (Wildman–Crippen MR) is 119 cm³/mol. The summed E-state index contributed by atoms with van der Waals surface area (Å²) in [6.45, 7) is 8.83. The van der Waals surface area contributed by atoms with Crippen LogP contribution in [0, 0.1) is 5.92 Å². The molecule has 2 unspecified atom stereocenters. The van der Waals surface area contributed by atoms with Crippen LogP contribution in [0.5, 0.6) is 0 Å². The molecule has 31 heavy (non-hydrogen) atoms. The fraction of sp³-hybridized carbons (Fsp3) is 0.571. The van der Waals surface area contributed by atoms with Gasteiger partial charge in [0.05, 0.1) is 6.04 Å². The fourth-order valence-corrected chi connectivity index (χ4v) is 4.62. The van der Waals surface area contributed by atoms with E-state index < -0.39 is 0 Å². The van der Waals surface area contributed by atoms with Gasteiger partial charge in [0.1, 0.15) is 11.9 Å². The number of nitrogens with zero attached hydrogens (tertiary/aromatic N) is 6. The molecule has 0 saturated carbocycles. The van der Waals surface area contributed by atoms with Crippen molar-refractivity contribution in [3.8, 4) is 0 Å². The molecule has 5 heterocycles. The quantitative estimate of drug-likeness (QED) is 0.640. The third-order valence-corrected chi connectivity index (χ3v) is 6.61. The molecule has 2 aromatic heterocycles. The first-order chi connectivity index (χ1) is 15.1. The summed E-state index contributed by atoms with van der Waals surface area (Å²) in [4.78, 5) is 26.2. The number of carbonyl (C=O) groups is 1. The lowest BCUT2D eigenvalue weighted by molar-refractivity contribution is -0.123. The minimum absolute atomic E-state index is 0.0708. The predicted octanol–water partition coefficient (Wildman–Crippen LogP) is 0.695. The highest BCUT2D eigenvalue weighted by molar-refractivity contribution is 5.89. The number of amides is 1. The Balaban J connectivity index is 1.36. The monoisotopic (exact) mass is 423 g/mol. The SMILES string of the molecule is CCC(C)[C@@H]1CNC(=O)C2Cc3cnc(Nc4ccc(N5CCNCC5)nn4)nc3N21. The zero-order valence-electron chi connectivity index (χ0n) is 18.0. The van der Waals surface area contributed by atoms with Gasteiger partial charge < -0.3 is 25.8 Å². The Labute approximate surface area is 181 Å². The molecule has 3 aliphatic rings. The van der Waals surface area contributed by atoms with Crippen molar-refractivity contribution in [1.29, 1.82) is 0 Å². The van der Waals surface area contributed by atoms with Crippen LogP contribution < -0.4 is 25.8 Å². The standard InChI is InChI=1S/C21H29N9O/c1-3-13(2)16-12-23-20(31)15-10-14-11-24-21(26-19(14)30(15)16)25-17-4-5-18(28-27-17)29-8-6-22-7-9-29/h4-5,11,13,15-16,22H,3,6-10,12H2,1-2H3,(H,23,31)(H,24,25,26,27)/t13?,15?,16-/m0/s1. The van der Waals surface area contributed by atoms with E-state index in [0.29, 0.717) is 30.6 Å². The van der Waals surface area contributed by atoms with Crippen molar-refractivity contribution >= 4 is 29.3 Å². The Kier molecular flexibility index (Phi) is 5.31. The average molecular weight is 424 g/mol. The van der Waals surface area contributed by atoms with Gasteiger partial charge in [0, 0.05) is 50.9 Å². The number of hydrogen-bond acceptors (Lipinski definition) is 9. The van der Waals surface area contributed by atoms with Crippen molar-refractivity contribution in [2.45, 2.75) is 38.8 Å². The second kappa shape index (κ2) is 8.26. The lowest BCUT2D eigenvalue weighted by Gasteiger charge is -2.41. The van der Waals surface area contributed by atoms with Crippen molar-refractivity contribution in [3.63, 3.8) is 0 Å². The van der Waals surface area contributed by atoms with E-state index in [9.17, 15) is 4.79 Å². The van der Waals surface area contributed by atoms with Gasteiger partial charge in [-0.05, 0) is 18.1 Å². The van der Waals surface area contributed by atoms with Gasteiger partial charge in [-0.2, -0.15) is 4.98 Å². The summed E-state index contributed by atoms with van der Waals surface area (Å²) < 4.78 is 0. The number of fused-ring (bicyclic) bond motifs is 3. The molecule has 3 atom stereocenters. The molecule has 10 heteroatoms. The third-order valence-electron chi connectivity index (χ3n) is 6.61. The largest absolute Gasteiger partial charge is 0.353 e. The topological polar surface area (TPSA) is 111 Å². The van der Waals surface area contributed by atoms with Gasteiger partial charge in [0.15, 0.2) is 11.6 Å². The minimum atomic E-state index is -0.203. The summed E-state index contributed by atoms with van der Waals surface area (Å²) in [5.74, 6) is 3.32. The van der Waals surface area contributed by atoms with Gasteiger partial charge in [0.2, 0.25) is 11.9 Å². The first kappa shape index (κ1) is 19.9. The molecule has 3 N–H and O–H groups in total. The molecule has 0 bridgehead atoms. The number of nitrogens with one attached hydrogen (secondary N) is 3. The molecule has 1 amide bonds. The summed E-state index contributed by atoms with van der Waals surface area (Å²) in [5.41, 5.74) is 1.01. The van der Waals surface area contributed by atoms with Crippen LogP contribution in [0.1, 0.15) is 25.8 Å². The number of piperazine rings is 2. The Morgan fingerprint density at radius 3 is 2.84 bits per heavy atom. The van der Waals surface area contributed by atoms with Crippen LogP contribution in [0.3, 0.4) is 0 Å². The molecular formula is C21H29N9O. The van der Waals surface area contributed by atoms with Gasteiger partial charge in [-0.1, -0.05) is 20.3 Å². The zero-order valence-corrected chi connectivity index (χ0v) is 18.0. The Bertz CT molecular complexity index is 944. The summed E-state index contributed by atoms with van der Waals surface area (Å²) in [6, 6.07) is 3.90. The molecule has 0 radical (unpaired) electrons. The molecule has 5 rings (SSSR count). The van der Waals surface area contributed by atoms with E-state index in [1.54, 1.807) is 0 Å². The smallest absolute Gasteiger partial charge is 0.243 e. The van der Waals surface area contributed by atoms with Crippen LogP contribution in [0.25, 0.3) is 0 Å². The van der Waals surface area contributed by atoms with Gasteiger partial charge in [0.25, 0.3) is 0 Å². The maximum absolute atomic E-state index is 12.5. The van der Waals surface area contributed by atoms with Crippen molar-refractivity contribution in [1.82, 2.24) is 30.8 Å². The number of hydrogen-bond donors (Lipinski definition) is 3. The molecule has 2 saturated heterocycles. The number of carbonyl (C=O) groups excluding carboxylic acids is 1. The highest BCUT2D eigenvalue weighted by Gasteiger charge is 2.44. The van der Waals surface area contributed by atoms with E-state index in [4.69, 9.17) is 4.98 Å². The molecule has 2 fully saturated rings. The molecule has 3 aliphatic heterocycles. The van der Waals surface area contributed by atoms with Crippen molar-refractivity contribution < 1.29 is 4.79 Å².